The van der Waals surface area contributed by atoms with E-state index < -0.39 is 11.6 Å². The van der Waals surface area contributed by atoms with Gasteiger partial charge in [0.1, 0.15) is 5.15 Å². The highest BCUT2D eigenvalue weighted by Crippen LogP contribution is 2.23. The summed E-state index contributed by atoms with van der Waals surface area (Å²) >= 11 is 5.66. The van der Waals surface area contributed by atoms with Crippen molar-refractivity contribution in [2.45, 2.75) is 0 Å². The lowest BCUT2D eigenvalue weighted by Gasteiger charge is -2.03. The maximum atomic E-state index is 13.4. The van der Waals surface area contributed by atoms with Gasteiger partial charge in [-0.15, -0.1) is 0 Å². The highest BCUT2D eigenvalue weighted by molar-refractivity contribution is 6.29. The fraction of sp³-hybridized carbons (Fsp3) is 0. The van der Waals surface area contributed by atoms with Crippen LogP contribution in [0, 0.1) is 11.6 Å². The third kappa shape index (κ3) is 1.97. The molecule has 4 heteroatoms. The summed E-state index contributed by atoms with van der Waals surface area (Å²) in [6, 6.07) is 8.72. The SMILES string of the molecule is Fc1cccc(-c2cccc(Cl)n2)c1F. The van der Waals surface area contributed by atoms with Crippen LogP contribution in [-0.2, 0) is 0 Å². The van der Waals surface area contributed by atoms with Gasteiger partial charge in [0.2, 0.25) is 0 Å². The number of rotatable bonds is 1. The molecule has 0 N–H and O–H groups in total. The third-order valence-corrected chi connectivity index (χ3v) is 2.15. The zero-order valence-corrected chi connectivity index (χ0v) is 8.30. The van der Waals surface area contributed by atoms with Gasteiger partial charge in [0.05, 0.1) is 5.69 Å². The molecule has 0 atom stereocenters. The first kappa shape index (κ1) is 10.1. The van der Waals surface area contributed by atoms with Gasteiger partial charge in [0.25, 0.3) is 0 Å². The molecule has 1 aromatic carbocycles. The van der Waals surface area contributed by atoms with Crippen LogP contribution in [0.3, 0.4) is 0 Å². The molecule has 0 bridgehead atoms. The maximum absolute atomic E-state index is 13.4. The first-order valence-corrected chi connectivity index (χ1v) is 4.63. The molecule has 0 saturated heterocycles. The minimum Gasteiger partial charge on any atom is -0.236 e. The Morgan fingerprint density at radius 1 is 1.00 bits per heavy atom. The molecule has 0 aliphatic heterocycles. The Hall–Kier alpha value is -1.48. The monoisotopic (exact) mass is 225 g/mol. The summed E-state index contributed by atoms with van der Waals surface area (Å²) < 4.78 is 26.3. The Morgan fingerprint density at radius 2 is 1.73 bits per heavy atom. The molecule has 1 nitrogen and oxygen atoms in total. The third-order valence-electron chi connectivity index (χ3n) is 1.94. The van der Waals surface area contributed by atoms with Crippen LogP contribution in [0.25, 0.3) is 11.3 Å². The van der Waals surface area contributed by atoms with Crippen molar-refractivity contribution in [1.29, 1.82) is 0 Å². The van der Waals surface area contributed by atoms with E-state index in [4.69, 9.17) is 11.6 Å². The van der Waals surface area contributed by atoms with Gasteiger partial charge in [0.15, 0.2) is 11.6 Å². The maximum Gasteiger partial charge on any atom is 0.168 e. The van der Waals surface area contributed by atoms with Crippen molar-refractivity contribution in [2.24, 2.45) is 0 Å². The van der Waals surface area contributed by atoms with Crippen molar-refractivity contribution >= 4 is 11.6 Å². The zero-order valence-electron chi connectivity index (χ0n) is 7.55. The molecule has 1 aromatic heterocycles. The Labute approximate surface area is 90.3 Å². The van der Waals surface area contributed by atoms with E-state index in [1.54, 1.807) is 18.2 Å². The van der Waals surface area contributed by atoms with Crippen molar-refractivity contribution in [3.8, 4) is 11.3 Å². The van der Waals surface area contributed by atoms with Gasteiger partial charge in [-0.25, -0.2) is 13.8 Å². The van der Waals surface area contributed by atoms with Crippen LogP contribution < -0.4 is 0 Å². The van der Waals surface area contributed by atoms with E-state index >= 15 is 0 Å². The highest BCUT2D eigenvalue weighted by atomic mass is 35.5. The van der Waals surface area contributed by atoms with Crippen molar-refractivity contribution in [3.05, 3.63) is 53.2 Å². The summed E-state index contributed by atoms with van der Waals surface area (Å²) in [5.41, 5.74) is 0.428. The molecule has 0 aliphatic rings. The van der Waals surface area contributed by atoms with E-state index in [0.29, 0.717) is 5.69 Å². The van der Waals surface area contributed by atoms with Crippen LogP contribution in [0.2, 0.25) is 5.15 Å². The van der Waals surface area contributed by atoms with Gasteiger partial charge >= 0.3 is 0 Å². The van der Waals surface area contributed by atoms with Crippen LogP contribution in [0.5, 0.6) is 0 Å². The second-order valence-corrected chi connectivity index (χ2v) is 3.33. The Kier molecular flexibility index (Phi) is 2.64. The molecule has 0 amide bonds. The molecule has 15 heavy (non-hydrogen) atoms. The number of halogens is 3. The van der Waals surface area contributed by atoms with Crippen molar-refractivity contribution in [1.82, 2.24) is 4.98 Å². The number of pyridine rings is 1. The largest absolute Gasteiger partial charge is 0.236 e. The topological polar surface area (TPSA) is 12.9 Å². The van der Waals surface area contributed by atoms with Gasteiger partial charge in [-0.2, -0.15) is 0 Å². The summed E-state index contributed by atoms with van der Waals surface area (Å²) in [5, 5.41) is 0.246. The standard InChI is InChI=1S/C11H6ClF2N/c12-10-6-2-5-9(15-10)7-3-1-4-8(13)11(7)14/h1-6H. The predicted octanol–water partition coefficient (Wildman–Crippen LogP) is 3.68. The molecule has 2 aromatic rings. The fourth-order valence-corrected chi connectivity index (χ4v) is 1.42. The van der Waals surface area contributed by atoms with Gasteiger partial charge in [-0.05, 0) is 24.3 Å². The summed E-state index contributed by atoms with van der Waals surface area (Å²) in [6.07, 6.45) is 0. The molecular formula is C11H6ClF2N. The lowest BCUT2D eigenvalue weighted by Crippen LogP contribution is -1.91. The van der Waals surface area contributed by atoms with E-state index in [0.717, 1.165) is 6.07 Å². The molecule has 0 fully saturated rings. The molecule has 0 saturated carbocycles. The average Bonchev–Trinajstić information content (AvgIpc) is 2.22. The highest BCUT2D eigenvalue weighted by Gasteiger charge is 2.10. The molecule has 76 valence electrons. The fourth-order valence-electron chi connectivity index (χ4n) is 1.26. The molecule has 0 unspecified atom stereocenters. The van der Waals surface area contributed by atoms with Crippen LogP contribution in [0.1, 0.15) is 0 Å². The van der Waals surface area contributed by atoms with E-state index in [9.17, 15) is 8.78 Å². The summed E-state index contributed by atoms with van der Waals surface area (Å²) in [4.78, 5) is 3.90. The summed E-state index contributed by atoms with van der Waals surface area (Å²) in [7, 11) is 0. The molecule has 0 spiro atoms. The lowest BCUT2D eigenvalue weighted by atomic mass is 10.1. The molecule has 2 rings (SSSR count). The van der Waals surface area contributed by atoms with Crippen LogP contribution >= 0.6 is 11.6 Å². The molecule has 1 heterocycles. The minimum absolute atomic E-state index is 0.109. The molecule has 0 radical (unpaired) electrons. The van der Waals surface area contributed by atoms with E-state index in [1.165, 1.54) is 12.1 Å². The number of benzene rings is 1. The van der Waals surface area contributed by atoms with Gasteiger partial charge in [-0.1, -0.05) is 23.7 Å². The smallest absolute Gasteiger partial charge is 0.168 e. The second-order valence-electron chi connectivity index (χ2n) is 2.95. The zero-order chi connectivity index (χ0) is 10.8. The van der Waals surface area contributed by atoms with E-state index in [1.807, 2.05) is 0 Å². The molecule has 0 aliphatic carbocycles. The molecular weight excluding hydrogens is 220 g/mol. The number of nitrogens with zero attached hydrogens (tertiary/aromatic N) is 1. The van der Waals surface area contributed by atoms with Crippen molar-refractivity contribution < 1.29 is 8.78 Å². The van der Waals surface area contributed by atoms with Crippen molar-refractivity contribution in [3.63, 3.8) is 0 Å². The van der Waals surface area contributed by atoms with Crippen LogP contribution in [0.4, 0.5) is 8.78 Å². The van der Waals surface area contributed by atoms with Crippen LogP contribution in [0.15, 0.2) is 36.4 Å². The van der Waals surface area contributed by atoms with Gasteiger partial charge in [-0.3, -0.25) is 0 Å². The van der Waals surface area contributed by atoms with Crippen LogP contribution in [-0.4, -0.2) is 4.98 Å². The Bertz CT molecular complexity index is 500. The summed E-state index contributed by atoms with van der Waals surface area (Å²) in [5.74, 6) is -1.80. The number of hydrogen-bond acceptors (Lipinski definition) is 1. The predicted molar refractivity (Wildman–Crippen MR) is 54.6 cm³/mol. The first-order valence-electron chi connectivity index (χ1n) is 4.25. The first-order chi connectivity index (χ1) is 7.18. The summed E-state index contributed by atoms with van der Waals surface area (Å²) in [6.45, 7) is 0. The average molecular weight is 226 g/mol. The Morgan fingerprint density at radius 3 is 2.47 bits per heavy atom. The van der Waals surface area contributed by atoms with Gasteiger partial charge in [0, 0.05) is 5.56 Å². The second kappa shape index (κ2) is 3.95. The number of aromatic nitrogens is 1. The lowest BCUT2D eigenvalue weighted by molar-refractivity contribution is 0.511. The minimum atomic E-state index is -0.910. The quantitative estimate of drug-likeness (QED) is 0.675. The van der Waals surface area contributed by atoms with E-state index in [-0.39, 0.29) is 10.7 Å². The Balaban J connectivity index is 2.59. The normalized spacial score (nSPS) is 10.3. The van der Waals surface area contributed by atoms with E-state index in [2.05, 4.69) is 4.98 Å². The number of hydrogen-bond donors (Lipinski definition) is 0. The van der Waals surface area contributed by atoms with Gasteiger partial charge < -0.3 is 0 Å². The van der Waals surface area contributed by atoms with Crippen molar-refractivity contribution in [2.75, 3.05) is 0 Å².